The number of hydrogen-bond acceptors (Lipinski definition) is 6. The molecule has 1 unspecified atom stereocenters. The number of Topliss-reactive ketones (excluding diaryl/α,β-unsaturated/α-hetero) is 1. The third kappa shape index (κ3) is 3.39. The summed E-state index contributed by atoms with van der Waals surface area (Å²) in [4.78, 5) is 27.3. The molecule has 1 aromatic heterocycles. The molecule has 0 radical (unpaired) electrons. The van der Waals surface area contributed by atoms with E-state index in [4.69, 9.17) is 13.9 Å². The van der Waals surface area contributed by atoms with Gasteiger partial charge in [0.1, 0.15) is 30.6 Å². The van der Waals surface area contributed by atoms with Crippen LogP contribution in [0.3, 0.4) is 0 Å². The predicted molar refractivity (Wildman–Crippen MR) is 110 cm³/mol. The molecule has 3 heterocycles. The van der Waals surface area contributed by atoms with Gasteiger partial charge in [-0.3, -0.25) is 9.59 Å². The van der Waals surface area contributed by atoms with Crippen molar-refractivity contribution in [1.29, 1.82) is 0 Å². The number of aliphatic hydroxyl groups is 1. The number of amides is 1. The maximum atomic E-state index is 13.6. The second kappa shape index (κ2) is 7.88. The van der Waals surface area contributed by atoms with Gasteiger partial charge in [-0.1, -0.05) is 12.1 Å². The minimum absolute atomic E-state index is 0.0114. The van der Waals surface area contributed by atoms with Gasteiger partial charge in [-0.2, -0.15) is 0 Å². The van der Waals surface area contributed by atoms with Crippen LogP contribution in [0.4, 0.5) is 4.39 Å². The quantitative estimate of drug-likeness (QED) is 0.381. The van der Waals surface area contributed by atoms with E-state index < -0.39 is 23.5 Å². The number of hydrogen-bond donors (Lipinski definition) is 1. The summed E-state index contributed by atoms with van der Waals surface area (Å²) in [7, 11) is 0. The minimum Gasteiger partial charge on any atom is -0.507 e. The molecule has 0 spiro atoms. The Kier molecular flexibility index (Phi) is 4.89. The Morgan fingerprint density at radius 3 is 2.50 bits per heavy atom. The van der Waals surface area contributed by atoms with E-state index in [0.29, 0.717) is 41.6 Å². The minimum atomic E-state index is -0.922. The molecule has 32 heavy (non-hydrogen) atoms. The molecular formula is C24H18FNO6. The number of likely N-dealkylation sites (tertiary alicyclic amines) is 1. The monoisotopic (exact) mass is 435 g/mol. The summed E-state index contributed by atoms with van der Waals surface area (Å²) in [6, 6.07) is 12.7. The van der Waals surface area contributed by atoms with E-state index >= 15 is 0 Å². The molecule has 2 aromatic carbocycles. The summed E-state index contributed by atoms with van der Waals surface area (Å²) in [5.74, 6) is -0.990. The highest BCUT2D eigenvalue weighted by molar-refractivity contribution is 6.46. The lowest BCUT2D eigenvalue weighted by molar-refractivity contribution is -0.140. The summed E-state index contributed by atoms with van der Waals surface area (Å²) in [5, 5.41) is 11.1. The average molecular weight is 435 g/mol. The van der Waals surface area contributed by atoms with Gasteiger partial charge in [0.25, 0.3) is 11.7 Å². The molecule has 8 heteroatoms. The zero-order valence-electron chi connectivity index (χ0n) is 16.8. The van der Waals surface area contributed by atoms with E-state index in [1.54, 1.807) is 30.3 Å². The number of nitrogens with zero attached hydrogens (tertiary/aromatic N) is 1. The van der Waals surface area contributed by atoms with E-state index in [9.17, 15) is 19.1 Å². The van der Waals surface area contributed by atoms with Crippen molar-refractivity contribution >= 4 is 17.4 Å². The van der Waals surface area contributed by atoms with E-state index in [0.717, 1.165) is 0 Å². The highest BCUT2D eigenvalue weighted by Crippen LogP contribution is 2.41. The maximum absolute atomic E-state index is 13.6. The van der Waals surface area contributed by atoms with Crippen molar-refractivity contribution in [3.05, 3.63) is 89.1 Å². The van der Waals surface area contributed by atoms with Crippen molar-refractivity contribution in [3.8, 4) is 11.5 Å². The number of fused-ring (bicyclic) bond motifs is 1. The first-order valence-electron chi connectivity index (χ1n) is 9.99. The van der Waals surface area contributed by atoms with Gasteiger partial charge in [-0.25, -0.2) is 4.39 Å². The SMILES string of the molecule is O=C1C(=O)N(Cc2ccco2)C(c2ccc(F)cc2)/C1=C(/O)c1ccc2c(c1)OCCO2. The highest BCUT2D eigenvalue weighted by atomic mass is 19.1. The number of carbonyl (C=O) groups is 2. The van der Waals surface area contributed by atoms with Crippen molar-refractivity contribution in [1.82, 2.24) is 4.90 Å². The molecule has 2 aliphatic rings. The van der Waals surface area contributed by atoms with Crippen molar-refractivity contribution < 1.29 is 33.0 Å². The number of aliphatic hydroxyl groups excluding tert-OH is 1. The Morgan fingerprint density at radius 2 is 1.78 bits per heavy atom. The third-order valence-corrected chi connectivity index (χ3v) is 5.45. The highest BCUT2D eigenvalue weighted by Gasteiger charge is 2.46. The fourth-order valence-corrected chi connectivity index (χ4v) is 3.95. The first-order valence-corrected chi connectivity index (χ1v) is 9.99. The molecule has 2 aliphatic heterocycles. The number of ether oxygens (including phenoxy) is 2. The normalized spacial score (nSPS) is 19.4. The number of ketones is 1. The first-order chi connectivity index (χ1) is 15.5. The van der Waals surface area contributed by atoms with Crippen LogP contribution < -0.4 is 9.47 Å². The Balaban J connectivity index is 1.63. The molecule has 1 amide bonds. The smallest absolute Gasteiger partial charge is 0.296 e. The molecule has 0 bridgehead atoms. The second-order valence-corrected chi connectivity index (χ2v) is 7.42. The molecule has 1 N–H and O–H groups in total. The number of furan rings is 1. The fourth-order valence-electron chi connectivity index (χ4n) is 3.95. The van der Waals surface area contributed by atoms with E-state index in [2.05, 4.69) is 0 Å². The van der Waals surface area contributed by atoms with Gasteiger partial charge >= 0.3 is 0 Å². The average Bonchev–Trinajstić information content (AvgIpc) is 3.41. The zero-order valence-corrected chi connectivity index (χ0v) is 16.8. The molecule has 0 aliphatic carbocycles. The predicted octanol–water partition coefficient (Wildman–Crippen LogP) is 3.81. The van der Waals surface area contributed by atoms with E-state index in [1.807, 2.05) is 0 Å². The first kappa shape index (κ1) is 19.9. The van der Waals surface area contributed by atoms with Gasteiger partial charge in [0.05, 0.1) is 24.4 Å². The second-order valence-electron chi connectivity index (χ2n) is 7.42. The molecule has 1 fully saturated rings. The van der Waals surface area contributed by atoms with Crippen LogP contribution in [0.15, 0.2) is 70.9 Å². The lowest BCUT2D eigenvalue weighted by Gasteiger charge is -2.24. The summed E-state index contributed by atoms with van der Waals surface area (Å²) < 4.78 is 30.0. The molecule has 1 atom stereocenters. The van der Waals surface area contributed by atoms with Gasteiger partial charge in [0.2, 0.25) is 0 Å². The van der Waals surface area contributed by atoms with Crippen LogP contribution in [0.25, 0.3) is 5.76 Å². The van der Waals surface area contributed by atoms with Crippen LogP contribution in [-0.2, 0) is 16.1 Å². The largest absolute Gasteiger partial charge is 0.507 e. The van der Waals surface area contributed by atoms with Crippen LogP contribution in [0.2, 0.25) is 0 Å². The van der Waals surface area contributed by atoms with Crippen molar-refractivity contribution in [2.45, 2.75) is 12.6 Å². The van der Waals surface area contributed by atoms with Crippen molar-refractivity contribution in [3.63, 3.8) is 0 Å². The summed E-state index contributed by atoms with van der Waals surface area (Å²) >= 11 is 0. The van der Waals surface area contributed by atoms with Gasteiger partial charge in [0, 0.05) is 5.56 Å². The topological polar surface area (TPSA) is 89.2 Å². The molecule has 3 aromatic rings. The Labute approximate surface area is 182 Å². The summed E-state index contributed by atoms with van der Waals surface area (Å²) in [5.41, 5.74) is 0.693. The third-order valence-electron chi connectivity index (χ3n) is 5.45. The maximum Gasteiger partial charge on any atom is 0.296 e. The van der Waals surface area contributed by atoms with Gasteiger partial charge in [0.15, 0.2) is 11.5 Å². The van der Waals surface area contributed by atoms with Gasteiger partial charge < -0.3 is 23.9 Å². The van der Waals surface area contributed by atoms with Crippen LogP contribution in [-0.4, -0.2) is 34.9 Å². The van der Waals surface area contributed by atoms with Crippen LogP contribution in [0.1, 0.15) is 22.9 Å². The standard InChI is InChI=1S/C24H18FNO6/c25-16-6-3-14(4-7-16)21-20(23(28)24(29)26(21)13-17-2-1-9-30-17)22(27)15-5-8-18-19(12-15)32-11-10-31-18/h1-9,12,21,27H,10-11,13H2/b22-20-. The fraction of sp³-hybridized carbons (Fsp3) is 0.167. The summed E-state index contributed by atoms with van der Waals surface area (Å²) in [6.07, 6.45) is 1.47. The molecular weight excluding hydrogens is 417 g/mol. The molecule has 162 valence electrons. The Bertz CT molecular complexity index is 1220. The molecule has 0 saturated carbocycles. The van der Waals surface area contributed by atoms with Crippen molar-refractivity contribution in [2.24, 2.45) is 0 Å². The Hall–Kier alpha value is -4.07. The van der Waals surface area contributed by atoms with Crippen molar-refractivity contribution in [2.75, 3.05) is 13.2 Å². The number of benzene rings is 2. The lowest BCUT2D eigenvalue weighted by Crippen LogP contribution is -2.29. The van der Waals surface area contributed by atoms with E-state index in [-0.39, 0.29) is 17.9 Å². The number of carbonyl (C=O) groups excluding carboxylic acids is 2. The van der Waals surface area contributed by atoms with Gasteiger partial charge in [-0.05, 0) is 48.0 Å². The zero-order chi connectivity index (χ0) is 22.2. The number of halogens is 1. The van der Waals surface area contributed by atoms with Crippen LogP contribution in [0.5, 0.6) is 11.5 Å². The Morgan fingerprint density at radius 1 is 1.03 bits per heavy atom. The van der Waals surface area contributed by atoms with Crippen LogP contribution in [0, 0.1) is 5.82 Å². The number of rotatable bonds is 4. The lowest BCUT2D eigenvalue weighted by atomic mass is 9.95. The van der Waals surface area contributed by atoms with Crippen LogP contribution >= 0.6 is 0 Å². The molecule has 1 saturated heterocycles. The van der Waals surface area contributed by atoms with E-state index in [1.165, 1.54) is 35.4 Å². The van der Waals surface area contributed by atoms with Gasteiger partial charge in [-0.15, -0.1) is 0 Å². The summed E-state index contributed by atoms with van der Waals surface area (Å²) in [6.45, 7) is 0.790. The molecule has 7 nitrogen and oxygen atoms in total. The molecule has 5 rings (SSSR count).